The largest absolute Gasteiger partial charge is 0.491 e. The Balaban J connectivity index is 2.17. The maximum absolute atomic E-state index is 12.5. The minimum Gasteiger partial charge on any atom is -0.491 e. The molecule has 4 nitrogen and oxygen atoms in total. The minimum atomic E-state index is 0.0534. The molecule has 0 atom stereocenters. The Labute approximate surface area is 111 Å². The van der Waals surface area contributed by atoms with Gasteiger partial charge in [0.15, 0.2) is 5.43 Å². The van der Waals surface area contributed by atoms with Gasteiger partial charge in [-0.2, -0.15) is 0 Å². The number of pyridine rings is 1. The Kier molecular flexibility index (Phi) is 3.03. The summed E-state index contributed by atoms with van der Waals surface area (Å²) in [6, 6.07) is 5.61. The number of hydrogen-bond acceptors (Lipinski definition) is 3. The van der Waals surface area contributed by atoms with Crippen molar-refractivity contribution < 1.29 is 9.47 Å². The summed E-state index contributed by atoms with van der Waals surface area (Å²) in [5.41, 5.74) is 2.67. The van der Waals surface area contributed by atoms with Crippen LogP contribution < -0.4 is 10.2 Å². The van der Waals surface area contributed by atoms with Crippen LogP contribution in [0.3, 0.4) is 0 Å². The Morgan fingerprint density at radius 2 is 2.21 bits per heavy atom. The molecule has 0 saturated heterocycles. The van der Waals surface area contributed by atoms with Crippen molar-refractivity contribution in [3.63, 3.8) is 0 Å². The second-order valence-electron chi connectivity index (χ2n) is 5.09. The Bertz CT molecular complexity index is 673. The molecule has 4 heteroatoms. The molecule has 1 aromatic heterocycles. The predicted molar refractivity (Wildman–Crippen MR) is 73.7 cm³/mol. The molecule has 0 aliphatic carbocycles. The summed E-state index contributed by atoms with van der Waals surface area (Å²) in [6.07, 6.45) is 0.864. The Hall–Kier alpha value is -1.81. The third kappa shape index (κ3) is 2.24. The van der Waals surface area contributed by atoms with Crippen molar-refractivity contribution in [2.45, 2.75) is 33.0 Å². The van der Waals surface area contributed by atoms with Gasteiger partial charge in [-0.25, -0.2) is 0 Å². The number of ether oxygens (including phenoxy) is 2. The van der Waals surface area contributed by atoms with Crippen molar-refractivity contribution >= 4 is 10.9 Å². The van der Waals surface area contributed by atoms with Gasteiger partial charge in [0.2, 0.25) is 0 Å². The molecule has 1 aromatic carbocycles. The standard InChI is InChI=1S/C15H17NO3/c1-9(2)19-10-3-4-13-11(7-10)15(17)12-8-18-6-5-14(12)16-13/h3-4,7,9H,5-6,8H2,1-2H3,(H,16,17). The summed E-state index contributed by atoms with van der Waals surface area (Å²) < 4.78 is 11.0. The van der Waals surface area contributed by atoms with Crippen molar-refractivity contribution in [3.05, 3.63) is 39.7 Å². The molecule has 1 N–H and O–H groups in total. The summed E-state index contributed by atoms with van der Waals surface area (Å²) in [5.74, 6) is 0.727. The first-order valence-corrected chi connectivity index (χ1v) is 6.57. The van der Waals surface area contributed by atoms with Crippen LogP contribution in [0, 0.1) is 0 Å². The monoisotopic (exact) mass is 259 g/mol. The van der Waals surface area contributed by atoms with Crippen molar-refractivity contribution in [1.29, 1.82) is 0 Å². The van der Waals surface area contributed by atoms with Gasteiger partial charge in [-0.3, -0.25) is 4.79 Å². The van der Waals surface area contributed by atoms with Gasteiger partial charge >= 0.3 is 0 Å². The van der Waals surface area contributed by atoms with Gasteiger partial charge in [0.25, 0.3) is 0 Å². The number of fused-ring (bicyclic) bond motifs is 2. The molecule has 3 rings (SSSR count). The summed E-state index contributed by atoms with van der Waals surface area (Å²) in [6.45, 7) is 5.00. The quantitative estimate of drug-likeness (QED) is 0.901. The smallest absolute Gasteiger partial charge is 0.195 e. The fourth-order valence-corrected chi connectivity index (χ4v) is 2.42. The summed E-state index contributed by atoms with van der Waals surface area (Å²) >= 11 is 0. The van der Waals surface area contributed by atoms with E-state index in [4.69, 9.17) is 9.47 Å². The molecule has 0 amide bonds. The second-order valence-corrected chi connectivity index (χ2v) is 5.09. The molecular formula is C15H17NO3. The van der Waals surface area contributed by atoms with Gasteiger partial charge in [0, 0.05) is 28.6 Å². The van der Waals surface area contributed by atoms with Crippen LogP contribution in [0.25, 0.3) is 10.9 Å². The van der Waals surface area contributed by atoms with E-state index in [1.807, 2.05) is 32.0 Å². The van der Waals surface area contributed by atoms with Crippen LogP contribution in [-0.4, -0.2) is 17.7 Å². The molecule has 2 heterocycles. The SMILES string of the molecule is CC(C)Oc1ccc2[nH]c3c(c(=O)c2c1)COCC3. The van der Waals surface area contributed by atoms with Crippen molar-refractivity contribution in [1.82, 2.24) is 4.98 Å². The highest BCUT2D eigenvalue weighted by molar-refractivity contribution is 5.81. The molecule has 0 unspecified atom stereocenters. The van der Waals surface area contributed by atoms with Crippen LogP contribution in [0.4, 0.5) is 0 Å². The van der Waals surface area contributed by atoms with E-state index in [1.54, 1.807) is 0 Å². The maximum atomic E-state index is 12.5. The van der Waals surface area contributed by atoms with Crippen LogP contribution in [0.1, 0.15) is 25.1 Å². The molecule has 100 valence electrons. The second kappa shape index (κ2) is 4.70. The zero-order valence-electron chi connectivity index (χ0n) is 11.2. The van der Waals surface area contributed by atoms with Gasteiger partial charge < -0.3 is 14.5 Å². The number of aromatic nitrogens is 1. The van der Waals surface area contributed by atoms with E-state index in [0.29, 0.717) is 18.6 Å². The van der Waals surface area contributed by atoms with Crippen molar-refractivity contribution in [2.75, 3.05) is 6.61 Å². The third-order valence-electron chi connectivity index (χ3n) is 3.27. The highest BCUT2D eigenvalue weighted by atomic mass is 16.5. The summed E-state index contributed by atoms with van der Waals surface area (Å²) in [4.78, 5) is 15.8. The van der Waals surface area contributed by atoms with Crippen molar-refractivity contribution in [2.24, 2.45) is 0 Å². The first-order valence-electron chi connectivity index (χ1n) is 6.57. The van der Waals surface area contributed by atoms with E-state index in [1.165, 1.54) is 0 Å². The van der Waals surface area contributed by atoms with Crippen LogP contribution in [0.2, 0.25) is 0 Å². The zero-order valence-corrected chi connectivity index (χ0v) is 11.2. The van der Waals surface area contributed by atoms with Crippen LogP contribution in [0.5, 0.6) is 5.75 Å². The van der Waals surface area contributed by atoms with Gasteiger partial charge in [-0.15, -0.1) is 0 Å². The van der Waals surface area contributed by atoms with E-state index in [9.17, 15) is 4.79 Å². The molecule has 0 saturated carbocycles. The zero-order chi connectivity index (χ0) is 13.4. The molecular weight excluding hydrogens is 242 g/mol. The number of H-pyrrole nitrogens is 1. The molecule has 2 aromatic rings. The average Bonchev–Trinajstić information content (AvgIpc) is 2.39. The topological polar surface area (TPSA) is 51.3 Å². The molecule has 0 radical (unpaired) electrons. The highest BCUT2D eigenvalue weighted by Crippen LogP contribution is 2.21. The number of nitrogens with one attached hydrogen (secondary N) is 1. The van der Waals surface area contributed by atoms with Crippen LogP contribution >= 0.6 is 0 Å². The third-order valence-corrected chi connectivity index (χ3v) is 3.27. The van der Waals surface area contributed by atoms with E-state index < -0.39 is 0 Å². The maximum Gasteiger partial charge on any atom is 0.195 e. The van der Waals surface area contributed by atoms with E-state index in [-0.39, 0.29) is 11.5 Å². The molecule has 1 aliphatic heterocycles. The first-order chi connectivity index (χ1) is 9.15. The minimum absolute atomic E-state index is 0.0534. The predicted octanol–water partition coefficient (Wildman–Crippen LogP) is 2.39. The normalized spacial score (nSPS) is 14.7. The highest BCUT2D eigenvalue weighted by Gasteiger charge is 2.16. The number of hydrogen-bond donors (Lipinski definition) is 1. The first kappa shape index (κ1) is 12.2. The average molecular weight is 259 g/mol. The van der Waals surface area contributed by atoms with E-state index in [0.717, 1.165) is 28.9 Å². The lowest BCUT2D eigenvalue weighted by molar-refractivity contribution is 0.109. The summed E-state index contributed by atoms with van der Waals surface area (Å²) in [5, 5.41) is 0.669. The lowest BCUT2D eigenvalue weighted by Gasteiger charge is -2.17. The van der Waals surface area contributed by atoms with Crippen molar-refractivity contribution in [3.8, 4) is 5.75 Å². The summed E-state index contributed by atoms with van der Waals surface area (Å²) in [7, 11) is 0. The molecule has 0 bridgehead atoms. The molecule has 19 heavy (non-hydrogen) atoms. The van der Waals surface area contributed by atoms with Gasteiger partial charge in [-0.1, -0.05) is 0 Å². The Morgan fingerprint density at radius 3 is 3.00 bits per heavy atom. The number of rotatable bonds is 2. The molecule has 0 fully saturated rings. The lowest BCUT2D eigenvalue weighted by atomic mass is 10.1. The van der Waals surface area contributed by atoms with E-state index in [2.05, 4.69) is 4.98 Å². The molecule has 0 spiro atoms. The van der Waals surface area contributed by atoms with Crippen LogP contribution in [0.15, 0.2) is 23.0 Å². The van der Waals surface area contributed by atoms with Gasteiger partial charge in [0.1, 0.15) is 5.75 Å². The fraction of sp³-hybridized carbons (Fsp3) is 0.400. The number of benzene rings is 1. The number of aromatic amines is 1. The fourth-order valence-electron chi connectivity index (χ4n) is 2.42. The molecule has 1 aliphatic rings. The lowest BCUT2D eigenvalue weighted by Crippen LogP contribution is -2.21. The van der Waals surface area contributed by atoms with Gasteiger partial charge in [-0.05, 0) is 32.0 Å². The van der Waals surface area contributed by atoms with Crippen LogP contribution in [-0.2, 0) is 17.8 Å². The Morgan fingerprint density at radius 1 is 1.37 bits per heavy atom. The van der Waals surface area contributed by atoms with Gasteiger partial charge in [0.05, 0.1) is 19.3 Å². The van der Waals surface area contributed by atoms with E-state index >= 15 is 0 Å².